The summed E-state index contributed by atoms with van der Waals surface area (Å²) in [4.78, 5) is 13.1. The lowest BCUT2D eigenvalue weighted by molar-refractivity contribution is 0.0950. The molecule has 2 aromatic carbocycles. The topological polar surface area (TPSA) is 156 Å². The van der Waals surface area contributed by atoms with Gasteiger partial charge in [0.15, 0.2) is 5.69 Å². The molecule has 0 atom stereocenters. The van der Waals surface area contributed by atoms with Gasteiger partial charge in [-0.25, -0.2) is 10.1 Å². The van der Waals surface area contributed by atoms with Gasteiger partial charge in [0.1, 0.15) is 17.2 Å². The molecule has 0 saturated carbocycles. The monoisotopic (exact) mass is 448 g/mol. The number of carbonyl (C=O) groups excluding carboxylic acids is 1. The maximum Gasteiger partial charge on any atom is 0.294 e. The Balaban J connectivity index is 1.73. The Labute approximate surface area is 188 Å². The Bertz CT molecular complexity index is 1330. The highest BCUT2D eigenvalue weighted by Gasteiger charge is 2.25. The van der Waals surface area contributed by atoms with Crippen molar-refractivity contribution < 1.29 is 18.9 Å². The molecule has 2 heterocycles. The van der Waals surface area contributed by atoms with Gasteiger partial charge in [0, 0.05) is 11.1 Å². The largest absolute Gasteiger partial charge is 0.497 e. The quantitative estimate of drug-likeness (QED) is 0.319. The van der Waals surface area contributed by atoms with Crippen molar-refractivity contribution in [3.63, 3.8) is 0 Å². The number of para-hydroxylation sites is 1. The Kier molecular flexibility index (Phi) is 5.98. The Morgan fingerprint density at radius 1 is 1.12 bits per heavy atom. The molecule has 3 N–H and O–H groups in total. The zero-order valence-electron chi connectivity index (χ0n) is 18.0. The maximum absolute atomic E-state index is 13.1. The van der Waals surface area contributed by atoms with Crippen LogP contribution in [0.3, 0.4) is 0 Å². The molecule has 0 fully saturated rings. The molecule has 4 aromatic rings. The number of nitrogen functional groups attached to an aromatic ring is 1. The van der Waals surface area contributed by atoms with E-state index in [4.69, 9.17) is 15.2 Å². The third-order valence-corrected chi connectivity index (χ3v) is 4.75. The molecule has 168 valence electrons. The molecule has 0 saturated heterocycles. The van der Waals surface area contributed by atoms with E-state index in [9.17, 15) is 4.79 Å². The summed E-state index contributed by atoms with van der Waals surface area (Å²) in [5, 5.41) is 19.6. The molecule has 0 unspecified atom stereocenters. The van der Waals surface area contributed by atoms with Crippen molar-refractivity contribution in [3.05, 3.63) is 59.8 Å². The van der Waals surface area contributed by atoms with Crippen LogP contribution in [-0.4, -0.2) is 51.1 Å². The van der Waals surface area contributed by atoms with Crippen LogP contribution in [0.5, 0.6) is 11.5 Å². The fourth-order valence-electron chi connectivity index (χ4n) is 3.14. The summed E-state index contributed by atoms with van der Waals surface area (Å²) in [6.45, 7) is 1.75. The smallest absolute Gasteiger partial charge is 0.294 e. The molecule has 0 aliphatic carbocycles. The van der Waals surface area contributed by atoms with Gasteiger partial charge >= 0.3 is 0 Å². The number of amides is 1. The highest BCUT2D eigenvalue weighted by atomic mass is 16.6. The number of nitrogens with zero attached hydrogens (tertiary/aromatic N) is 6. The highest BCUT2D eigenvalue weighted by Crippen LogP contribution is 2.29. The van der Waals surface area contributed by atoms with E-state index in [1.165, 1.54) is 11.8 Å². The lowest BCUT2D eigenvalue weighted by Crippen LogP contribution is -2.21. The van der Waals surface area contributed by atoms with Crippen molar-refractivity contribution >= 4 is 17.4 Å². The lowest BCUT2D eigenvalue weighted by atomic mass is 10.1. The molecule has 2 aromatic heterocycles. The van der Waals surface area contributed by atoms with Gasteiger partial charge in [-0.1, -0.05) is 29.5 Å². The van der Waals surface area contributed by atoms with Crippen molar-refractivity contribution in [2.45, 2.75) is 6.92 Å². The second-order valence-electron chi connectivity index (χ2n) is 6.74. The summed E-state index contributed by atoms with van der Waals surface area (Å²) in [6.07, 6.45) is 0. The number of benzene rings is 2. The van der Waals surface area contributed by atoms with Crippen LogP contribution >= 0.6 is 0 Å². The number of nitrogens with two attached hydrogens (primary N) is 1. The number of hydrazone groups is 1. The van der Waals surface area contributed by atoms with E-state index in [1.807, 2.05) is 18.2 Å². The standard InChI is InChI=1S/C21H20N8O4/c1-12(15-9-4-5-10-16(15)32-3)23-25-21(30)17-18(13-7-6-8-14(11-13)31-2)29(28-24-17)20-19(22)26-33-27-20/h4-11H,1-3H3,(H2,22,26)(H,25,30)/b23-12+. The minimum absolute atomic E-state index is 0.0118. The zero-order chi connectivity index (χ0) is 23.4. The molecule has 0 aliphatic rings. The number of anilines is 1. The van der Waals surface area contributed by atoms with Gasteiger partial charge in [-0.3, -0.25) is 4.79 Å². The highest BCUT2D eigenvalue weighted by molar-refractivity contribution is 6.03. The molecular formula is C21H20N8O4. The third-order valence-electron chi connectivity index (χ3n) is 4.75. The Hall–Kier alpha value is -4.74. The number of hydrogen-bond donors (Lipinski definition) is 2. The number of aromatic nitrogens is 5. The molecule has 0 aliphatic heterocycles. The average Bonchev–Trinajstić information content (AvgIpc) is 3.48. The summed E-state index contributed by atoms with van der Waals surface area (Å²) in [5.74, 6) is 0.686. The number of nitrogens with one attached hydrogen (secondary N) is 1. The zero-order valence-corrected chi connectivity index (χ0v) is 18.0. The molecule has 4 rings (SSSR count). The van der Waals surface area contributed by atoms with Crippen molar-refractivity contribution in [1.29, 1.82) is 0 Å². The van der Waals surface area contributed by atoms with Crippen LogP contribution in [0.25, 0.3) is 17.1 Å². The summed E-state index contributed by atoms with van der Waals surface area (Å²) in [5.41, 5.74) is 10.5. The van der Waals surface area contributed by atoms with E-state index < -0.39 is 5.91 Å². The van der Waals surface area contributed by atoms with E-state index >= 15 is 0 Å². The van der Waals surface area contributed by atoms with E-state index in [1.54, 1.807) is 44.4 Å². The lowest BCUT2D eigenvalue weighted by Gasteiger charge is -2.09. The average molecular weight is 448 g/mol. The second kappa shape index (κ2) is 9.18. The molecule has 12 nitrogen and oxygen atoms in total. The van der Waals surface area contributed by atoms with Gasteiger partial charge < -0.3 is 15.2 Å². The summed E-state index contributed by atoms with van der Waals surface area (Å²) >= 11 is 0. The molecule has 0 radical (unpaired) electrons. The van der Waals surface area contributed by atoms with Crippen molar-refractivity contribution in [3.8, 4) is 28.6 Å². The van der Waals surface area contributed by atoms with Crippen LogP contribution in [-0.2, 0) is 0 Å². The summed E-state index contributed by atoms with van der Waals surface area (Å²) in [6, 6.07) is 14.4. The minimum atomic E-state index is -0.594. The first-order chi connectivity index (χ1) is 16.0. The van der Waals surface area contributed by atoms with Crippen LogP contribution in [0.4, 0.5) is 5.82 Å². The van der Waals surface area contributed by atoms with Crippen molar-refractivity contribution in [2.24, 2.45) is 5.10 Å². The summed E-state index contributed by atoms with van der Waals surface area (Å²) < 4.78 is 16.6. The van der Waals surface area contributed by atoms with Gasteiger partial charge in [0.25, 0.3) is 5.91 Å². The first-order valence-corrected chi connectivity index (χ1v) is 9.70. The van der Waals surface area contributed by atoms with E-state index in [0.29, 0.717) is 28.5 Å². The number of methoxy groups -OCH3 is 2. The summed E-state index contributed by atoms with van der Waals surface area (Å²) in [7, 11) is 3.10. The third kappa shape index (κ3) is 4.21. The van der Waals surface area contributed by atoms with Gasteiger partial charge in [0.2, 0.25) is 11.6 Å². The first kappa shape index (κ1) is 21.5. The molecular weight excluding hydrogens is 428 g/mol. The predicted molar refractivity (Wildman–Crippen MR) is 118 cm³/mol. The SMILES string of the molecule is COc1cccc(-c2c(C(=O)N/N=C(\C)c3ccccc3OC)nnn2-c2nonc2N)c1. The fraction of sp³-hybridized carbons (Fsp3) is 0.143. The molecule has 12 heteroatoms. The Morgan fingerprint density at radius 2 is 1.94 bits per heavy atom. The number of carbonyl (C=O) groups is 1. The number of rotatable bonds is 7. The van der Waals surface area contributed by atoms with Crippen LogP contribution < -0.4 is 20.6 Å². The van der Waals surface area contributed by atoms with Crippen LogP contribution in [0.2, 0.25) is 0 Å². The number of hydrogen-bond acceptors (Lipinski definition) is 10. The van der Waals surface area contributed by atoms with E-state index in [0.717, 1.165) is 5.56 Å². The molecule has 0 spiro atoms. The number of ether oxygens (including phenoxy) is 2. The van der Waals surface area contributed by atoms with Crippen molar-refractivity contribution in [2.75, 3.05) is 20.0 Å². The van der Waals surface area contributed by atoms with Gasteiger partial charge in [0.05, 0.1) is 19.9 Å². The Morgan fingerprint density at radius 3 is 2.67 bits per heavy atom. The van der Waals surface area contributed by atoms with Crippen LogP contribution in [0, 0.1) is 0 Å². The van der Waals surface area contributed by atoms with Gasteiger partial charge in [-0.2, -0.15) is 9.78 Å². The van der Waals surface area contributed by atoms with Gasteiger partial charge in [-0.15, -0.1) is 5.10 Å². The fourth-order valence-corrected chi connectivity index (χ4v) is 3.14. The minimum Gasteiger partial charge on any atom is -0.497 e. The normalized spacial score (nSPS) is 11.3. The van der Waals surface area contributed by atoms with Crippen LogP contribution in [0.15, 0.2) is 58.3 Å². The first-order valence-electron chi connectivity index (χ1n) is 9.70. The van der Waals surface area contributed by atoms with Gasteiger partial charge in [-0.05, 0) is 41.5 Å². The molecule has 0 bridgehead atoms. The molecule has 1 amide bonds. The van der Waals surface area contributed by atoms with Crippen LogP contribution in [0.1, 0.15) is 23.0 Å². The predicted octanol–water partition coefficient (Wildman–Crippen LogP) is 2.07. The van der Waals surface area contributed by atoms with Crippen molar-refractivity contribution in [1.82, 2.24) is 30.7 Å². The maximum atomic E-state index is 13.1. The van der Waals surface area contributed by atoms with E-state index in [-0.39, 0.29) is 17.3 Å². The van der Waals surface area contributed by atoms with E-state index in [2.05, 4.69) is 35.8 Å². The second-order valence-corrected chi connectivity index (χ2v) is 6.74. The molecule has 33 heavy (non-hydrogen) atoms.